The largest absolute Gasteiger partial charge is 0.198 e. The molecular weight excluding hydrogens is 324 g/mol. The molecule has 0 fully saturated rings. The molecule has 0 N–H and O–H groups in total. The molecule has 19 heavy (non-hydrogen) atoms. The number of hydrogen-bond acceptors (Lipinski definition) is 1. The molecule has 0 saturated heterocycles. The summed E-state index contributed by atoms with van der Waals surface area (Å²) in [7, 11) is 0. The van der Waals surface area contributed by atoms with E-state index in [1.165, 1.54) is 0 Å². The van der Waals surface area contributed by atoms with E-state index in [1.807, 2.05) is 12.1 Å². The Bertz CT molecular complexity index is 674. The van der Waals surface area contributed by atoms with Crippen LogP contribution in [0.3, 0.4) is 0 Å². The van der Waals surface area contributed by atoms with E-state index in [1.54, 1.807) is 18.2 Å². The van der Waals surface area contributed by atoms with Crippen molar-refractivity contribution in [3.05, 3.63) is 56.0 Å². The fourth-order valence-corrected chi connectivity index (χ4v) is 2.66. The van der Waals surface area contributed by atoms with Crippen LogP contribution in [-0.4, -0.2) is 0 Å². The molecule has 0 radical (unpaired) electrons. The number of nitrogens with zero attached hydrogens (tertiary/aromatic N) is 1. The van der Waals surface area contributed by atoms with Gasteiger partial charge in [-0.25, -0.2) is 0 Å². The van der Waals surface area contributed by atoms with Gasteiger partial charge in [0.05, 0.1) is 27.6 Å². The second kappa shape index (κ2) is 6.03. The Kier molecular flexibility index (Phi) is 4.60. The van der Waals surface area contributed by atoms with Crippen molar-refractivity contribution in [2.45, 2.75) is 6.42 Å². The molecule has 0 aliphatic rings. The van der Waals surface area contributed by atoms with Crippen molar-refractivity contribution in [1.82, 2.24) is 0 Å². The highest BCUT2D eigenvalue weighted by Crippen LogP contribution is 2.38. The Hall–Kier alpha value is -0.910. The molecule has 0 heterocycles. The first kappa shape index (κ1) is 14.5. The smallest absolute Gasteiger partial charge is 0.0669 e. The monoisotopic (exact) mass is 329 g/mol. The first-order chi connectivity index (χ1) is 9.02. The van der Waals surface area contributed by atoms with Crippen LogP contribution < -0.4 is 0 Å². The van der Waals surface area contributed by atoms with E-state index >= 15 is 0 Å². The molecule has 2 aromatic carbocycles. The number of halogens is 4. The minimum atomic E-state index is 0.315. The Morgan fingerprint density at radius 1 is 0.789 bits per heavy atom. The van der Waals surface area contributed by atoms with E-state index in [2.05, 4.69) is 6.07 Å². The van der Waals surface area contributed by atoms with Crippen LogP contribution in [0.25, 0.3) is 11.1 Å². The molecule has 0 aliphatic heterocycles. The van der Waals surface area contributed by atoms with Crippen LogP contribution in [0, 0.1) is 11.3 Å². The van der Waals surface area contributed by atoms with Crippen LogP contribution in [0.1, 0.15) is 5.56 Å². The zero-order valence-electron chi connectivity index (χ0n) is 9.55. The molecule has 0 atom stereocenters. The minimum absolute atomic E-state index is 0.315. The summed E-state index contributed by atoms with van der Waals surface area (Å²) in [4.78, 5) is 0. The first-order valence-electron chi connectivity index (χ1n) is 5.33. The summed E-state index contributed by atoms with van der Waals surface area (Å²) in [5.41, 5.74) is 2.32. The summed E-state index contributed by atoms with van der Waals surface area (Å²) in [6.07, 6.45) is 0.315. The van der Waals surface area contributed by atoms with Gasteiger partial charge in [-0.3, -0.25) is 0 Å². The van der Waals surface area contributed by atoms with Crippen molar-refractivity contribution < 1.29 is 0 Å². The predicted molar refractivity (Wildman–Crippen MR) is 81.2 cm³/mol. The van der Waals surface area contributed by atoms with E-state index < -0.39 is 0 Å². The summed E-state index contributed by atoms with van der Waals surface area (Å²) in [5.74, 6) is 0. The summed E-state index contributed by atoms with van der Waals surface area (Å²) in [6, 6.07) is 10.7. The van der Waals surface area contributed by atoms with Crippen LogP contribution in [-0.2, 0) is 6.42 Å². The van der Waals surface area contributed by atoms with Crippen LogP contribution in [0.2, 0.25) is 20.1 Å². The molecule has 0 spiro atoms. The van der Waals surface area contributed by atoms with E-state index in [0.717, 1.165) is 11.1 Å². The van der Waals surface area contributed by atoms with Gasteiger partial charge in [0, 0.05) is 16.1 Å². The maximum Gasteiger partial charge on any atom is 0.0669 e. The highest BCUT2D eigenvalue weighted by atomic mass is 35.5. The van der Waals surface area contributed by atoms with Crippen LogP contribution >= 0.6 is 46.4 Å². The summed E-state index contributed by atoms with van der Waals surface area (Å²) >= 11 is 24.3. The van der Waals surface area contributed by atoms with Gasteiger partial charge in [-0.15, -0.1) is 0 Å². The lowest BCUT2D eigenvalue weighted by atomic mass is 10.0. The van der Waals surface area contributed by atoms with Crippen molar-refractivity contribution in [2.24, 2.45) is 0 Å². The molecule has 0 unspecified atom stereocenters. The van der Waals surface area contributed by atoms with Crippen molar-refractivity contribution in [1.29, 1.82) is 5.26 Å². The number of benzene rings is 2. The highest BCUT2D eigenvalue weighted by Gasteiger charge is 2.11. The van der Waals surface area contributed by atoms with E-state index in [4.69, 9.17) is 51.7 Å². The lowest BCUT2D eigenvalue weighted by Gasteiger charge is -2.09. The van der Waals surface area contributed by atoms with Gasteiger partial charge < -0.3 is 0 Å². The van der Waals surface area contributed by atoms with Crippen LogP contribution in [0.5, 0.6) is 0 Å². The van der Waals surface area contributed by atoms with Crippen molar-refractivity contribution >= 4 is 46.4 Å². The van der Waals surface area contributed by atoms with Crippen LogP contribution in [0.4, 0.5) is 0 Å². The molecule has 0 aliphatic carbocycles. The van der Waals surface area contributed by atoms with E-state index in [0.29, 0.717) is 32.1 Å². The Balaban J connectivity index is 2.54. The van der Waals surface area contributed by atoms with Gasteiger partial charge in [-0.1, -0.05) is 58.5 Å². The molecule has 0 saturated carbocycles. The number of hydrogen-bond donors (Lipinski definition) is 0. The van der Waals surface area contributed by atoms with Gasteiger partial charge in [-0.05, 0) is 23.8 Å². The molecule has 5 heteroatoms. The Morgan fingerprint density at radius 2 is 1.42 bits per heavy atom. The summed E-state index contributed by atoms with van der Waals surface area (Å²) < 4.78 is 0. The van der Waals surface area contributed by atoms with Crippen LogP contribution in [0.15, 0.2) is 30.3 Å². The molecular formula is C14H7Cl4N. The molecule has 1 nitrogen and oxygen atoms in total. The van der Waals surface area contributed by atoms with Gasteiger partial charge >= 0.3 is 0 Å². The summed E-state index contributed by atoms with van der Waals surface area (Å²) in [5, 5.41) is 10.5. The zero-order chi connectivity index (χ0) is 14.0. The molecule has 2 aromatic rings. The Labute approximate surface area is 131 Å². The topological polar surface area (TPSA) is 23.8 Å². The third kappa shape index (κ3) is 3.16. The van der Waals surface area contributed by atoms with Gasteiger partial charge in [0.25, 0.3) is 0 Å². The van der Waals surface area contributed by atoms with Gasteiger partial charge in [0.2, 0.25) is 0 Å². The second-order valence-electron chi connectivity index (χ2n) is 3.90. The average Bonchev–Trinajstić information content (AvgIpc) is 2.35. The number of nitriles is 1. The van der Waals surface area contributed by atoms with Gasteiger partial charge in [0.15, 0.2) is 0 Å². The third-order valence-corrected chi connectivity index (χ3v) is 3.96. The standard InChI is InChI=1S/C14H7Cl4N/c15-11-5-8(3-4-19)1-2-9(11)10-6-13(17)14(18)7-12(10)16/h1-2,5-7H,3H2. The molecule has 0 aromatic heterocycles. The lowest BCUT2D eigenvalue weighted by Crippen LogP contribution is -1.86. The first-order valence-corrected chi connectivity index (χ1v) is 6.84. The quantitative estimate of drug-likeness (QED) is 0.616. The Morgan fingerprint density at radius 3 is 2.05 bits per heavy atom. The van der Waals surface area contributed by atoms with Gasteiger partial charge in [0.1, 0.15) is 0 Å². The average molecular weight is 331 g/mol. The molecule has 0 bridgehead atoms. The fourth-order valence-electron chi connectivity index (χ4n) is 1.71. The third-order valence-electron chi connectivity index (χ3n) is 2.62. The van der Waals surface area contributed by atoms with Gasteiger partial charge in [-0.2, -0.15) is 5.26 Å². The minimum Gasteiger partial charge on any atom is -0.198 e. The van der Waals surface area contributed by atoms with Crippen molar-refractivity contribution in [2.75, 3.05) is 0 Å². The summed E-state index contributed by atoms with van der Waals surface area (Å²) in [6.45, 7) is 0. The normalized spacial score (nSPS) is 10.3. The lowest BCUT2D eigenvalue weighted by molar-refractivity contribution is 1.26. The second-order valence-corrected chi connectivity index (χ2v) is 5.52. The molecule has 0 amide bonds. The SMILES string of the molecule is N#CCc1ccc(-c2cc(Cl)c(Cl)cc2Cl)c(Cl)c1. The molecule has 96 valence electrons. The zero-order valence-corrected chi connectivity index (χ0v) is 12.6. The predicted octanol–water partition coefficient (Wildman–Crippen LogP) is 6.03. The van der Waals surface area contributed by atoms with Crippen molar-refractivity contribution in [3.8, 4) is 17.2 Å². The number of rotatable bonds is 2. The maximum absolute atomic E-state index is 8.66. The van der Waals surface area contributed by atoms with Crippen molar-refractivity contribution in [3.63, 3.8) is 0 Å². The fraction of sp³-hybridized carbons (Fsp3) is 0.0714. The van der Waals surface area contributed by atoms with E-state index in [9.17, 15) is 0 Å². The highest BCUT2D eigenvalue weighted by molar-refractivity contribution is 6.44. The van der Waals surface area contributed by atoms with E-state index in [-0.39, 0.29) is 0 Å². The maximum atomic E-state index is 8.66. The molecule has 2 rings (SSSR count).